The maximum Gasteiger partial charge on any atom is 0.256 e. The van der Waals surface area contributed by atoms with Crippen LogP contribution in [0.1, 0.15) is 18.7 Å². The Morgan fingerprint density at radius 3 is 2.82 bits per heavy atom. The SMILES string of the molecule is COc1nc(N[C@@H]2CCC(=O)N(C)C2)nn2ccc(-c3ccc4nc(C)n(CC(F)F)c4c3)c12. The Hall–Kier alpha value is -3.76. The van der Waals surface area contributed by atoms with Gasteiger partial charge in [-0.05, 0) is 37.1 Å². The van der Waals surface area contributed by atoms with Gasteiger partial charge in [0.2, 0.25) is 17.7 Å². The largest absolute Gasteiger partial charge is 0.479 e. The molecule has 3 aromatic heterocycles. The van der Waals surface area contributed by atoms with Gasteiger partial charge in [0, 0.05) is 37.8 Å². The zero-order chi connectivity index (χ0) is 24.0. The number of rotatable bonds is 6. The van der Waals surface area contributed by atoms with Gasteiger partial charge in [0.05, 0.1) is 24.7 Å². The van der Waals surface area contributed by atoms with E-state index in [9.17, 15) is 13.6 Å². The number of aryl methyl sites for hydroxylation is 1. The number of hydrogen-bond acceptors (Lipinski definition) is 6. The van der Waals surface area contributed by atoms with Crippen LogP contribution in [0.4, 0.5) is 14.7 Å². The summed E-state index contributed by atoms with van der Waals surface area (Å²) in [5, 5.41) is 7.89. The van der Waals surface area contributed by atoms with Crippen LogP contribution < -0.4 is 10.1 Å². The molecule has 1 saturated heterocycles. The molecule has 9 nitrogen and oxygen atoms in total. The number of likely N-dealkylation sites (N-methyl/N-ethyl adjacent to an activating group) is 1. The zero-order valence-electron chi connectivity index (χ0n) is 19.1. The van der Waals surface area contributed by atoms with Gasteiger partial charge in [-0.15, -0.1) is 5.10 Å². The van der Waals surface area contributed by atoms with Crippen molar-refractivity contribution in [2.75, 3.05) is 26.0 Å². The predicted octanol–water partition coefficient (Wildman–Crippen LogP) is 3.36. The molecule has 4 aromatic rings. The molecule has 178 valence electrons. The van der Waals surface area contributed by atoms with E-state index in [1.54, 1.807) is 30.5 Å². The van der Waals surface area contributed by atoms with Crippen molar-refractivity contribution in [3.8, 4) is 17.0 Å². The van der Waals surface area contributed by atoms with Crippen LogP contribution in [0.5, 0.6) is 5.88 Å². The standard InChI is InChI=1S/C23H25F2N7O2/c1-13-26-17-6-4-14(10-18(17)31(13)12-19(24)25)16-8-9-32-21(16)22(34-3)28-23(29-32)27-15-5-7-20(33)30(2)11-15/h4,6,8-10,15,19H,5,7,11-12H2,1-3H3,(H,27,29)/t15-/m1/s1. The smallest absolute Gasteiger partial charge is 0.256 e. The molecule has 1 amide bonds. The van der Waals surface area contributed by atoms with Crippen LogP contribution in [-0.2, 0) is 11.3 Å². The van der Waals surface area contributed by atoms with Gasteiger partial charge in [0.25, 0.3) is 6.43 Å². The summed E-state index contributed by atoms with van der Waals surface area (Å²) in [6, 6.07) is 7.52. The van der Waals surface area contributed by atoms with Crippen LogP contribution in [-0.4, -0.2) is 68.1 Å². The molecule has 0 spiro atoms. The van der Waals surface area contributed by atoms with Crippen molar-refractivity contribution < 1.29 is 18.3 Å². The lowest BCUT2D eigenvalue weighted by atomic mass is 10.1. The fraction of sp³-hybridized carbons (Fsp3) is 0.391. The number of anilines is 1. The maximum atomic E-state index is 13.1. The van der Waals surface area contributed by atoms with Gasteiger partial charge in [0.1, 0.15) is 11.3 Å². The number of alkyl halides is 2. The average Bonchev–Trinajstić information content (AvgIpc) is 3.36. The molecule has 11 heteroatoms. The molecule has 1 aliphatic rings. The minimum Gasteiger partial charge on any atom is -0.479 e. The molecular formula is C23H25F2N7O2. The fourth-order valence-electron chi connectivity index (χ4n) is 4.52. The molecule has 0 unspecified atom stereocenters. The van der Waals surface area contributed by atoms with Crippen molar-refractivity contribution in [3.05, 3.63) is 36.3 Å². The van der Waals surface area contributed by atoms with Gasteiger partial charge >= 0.3 is 0 Å². The summed E-state index contributed by atoms with van der Waals surface area (Å²) in [5.74, 6) is 1.46. The molecule has 0 saturated carbocycles. The van der Waals surface area contributed by atoms with E-state index in [1.165, 1.54) is 4.57 Å². The number of nitrogens with zero attached hydrogens (tertiary/aromatic N) is 6. The third-order valence-electron chi connectivity index (χ3n) is 6.20. The number of fused-ring (bicyclic) bond motifs is 2. The van der Waals surface area contributed by atoms with Crippen LogP contribution in [0, 0.1) is 6.92 Å². The molecule has 1 aromatic carbocycles. The lowest BCUT2D eigenvalue weighted by Gasteiger charge is -2.30. The minimum absolute atomic E-state index is 0.0423. The number of likely N-dealkylation sites (tertiary alicyclic amines) is 1. The third-order valence-corrected chi connectivity index (χ3v) is 6.20. The summed E-state index contributed by atoms with van der Waals surface area (Å²) < 4.78 is 35.1. The van der Waals surface area contributed by atoms with Gasteiger partial charge in [-0.3, -0.25) is 4.79 Å². The first-order valence-corrected chi connectivity index (χ1v) is 11.0. The Bertz CT molecular complexity index is 1380. The van der Waals surface area contributed by atoms with Gasteiger partial charge in [-0.1, -0.05) is 6.07 Å². The van der Waals surface area contributed by atoms with Gasteiger partial charge in [-0.25, -0.2) is 18.3 Å². The topological polar surface area (TPSA) is 89.6 Å². The number of carbonyl (C=O) groups excluding carboxylic acids is 1. The molecule has 4 heterocycles. The number of methoxy groups -OCH3 is 1. The zero-order valence-corrected chi connectivity index (χ0v) is 19.1. The van der Waals surface area contributed by atoms with E-state index < -0.39 is 13.0 Å². The molecule has 1 aliphatic heterocycles. The number of amides is 1. The summed E-state index contributed by atoms with van der Waals surface area (Å²) in [4.78, 5) is 22.4. The lowest BCUT2D eigenvalue weighted by Crippen LogP contribution is -2.43. The van der Waals surface area contributed by atoms with Gasteiger partial charge in [-0.2, -0.15) is 4.98 Å². The summed E-state index contributed by atoms with van der Waals surface area (Å²) in [7, 11) is 3.32. The summed E-state index contributed by atoms with van der Waals surface area (Å²) >= 11 is 0. The average molecular weight is 469 g/mol. The fourth-order valence-corrected chi connectivity index (χ4v) is 4.52. The third kappa shape index (κ3) is 3.91. The molecule has 0 bridgehead atoms. The van der Waals surface area contributed by atoms with Crippen LogP contribution in [0.3, 0.4) is 0 Å². The highest BCUT2D eigenvalue weighted by Gasteiger charge is 2.24. The van der Waals surface area contributed by atoms with Crippen molar-refractivity contribution in [1.82, 2.24) is 29.0 Å². The number of imidazole rings is 1. The van der Waals surface area contributed by atoms with Crippen molar-refractivity contribution in [1.29, 1.82) is 0 Å². The second-order valence-corrected chi connectivity index (χ2v) is 8.49. The monoisotopic (exact) mass is 469 g/mol. The highest BCUT2D eigenvalue weighted by Crippen LogP contribution is 2.33. The van der Waals surface area contributed by atoms with E-state index in [0.717, 1.165) is 11.1 Å². The Morgan fingerprint density at radius 1 is 1.26 bits per heavy atom. The number of aromatic nitrogens is 5. The number of ether oxygens (including phenoxy) is 1. The number of nitrogens with one attached hydrogen (secondary N) is 1. The molecule has 1 N–H and O–H groups in total. The molecular weight excluding hydrogens is 444 g/mol. The first kappa shape index (κ1) is 22.1. The molecule has 0 aliphatic carbocycles. The van der Waals surface area contributed by atoms with Crippen LogP contribution in [0.15, 0.2) is 30.5 Å². The van der Waals surface area contributed by atoms with Gasteiger partial charge < -0.3 is 19.5 Å². The number of benzene rings is 1. The first-order valence-electron chi connectivity index (χ1n) is 11.0. The van der Waals surface area contributed by atoms with E-state index in [4.69, 9.17) is 4.74 Å². The van der Waals surface area contributed by atoms with E-state index in [0.29, 0.717) is 53.6 Å². The van der Waals surface area contributed by atoms with Crippen molar-refractivity contribution in [2.24, 2.45) is 0 Å². The predicted molar refractivity (Wildman–Crippen MR) is 123 cm³/mol. The number of hydrogen-bond donors (Lipinski definition) is 1. The normalized spacial score (nSPS) is 16.7. The Morgan fingerprint density at radius 2 is 2.09 bits per heavy atom. The molecule has 1 fully saturated rings. The Balaban J connectivity index is 1.52. The molecule has 1 atom stereocenters. The van der Waals surface area contributed by atoms with E-state index in [1.807, 2.05) is 30.5 Å². The highest BCUT2D eigenvalue weighted by molar-refractivity contribution is 5.90. The van der Waals surface area contributed by atoms with Crippen molar-refractivity contribution in [3.63, 3.8) is 0 Å². The first-order chi connectivity index (χ1) is 16.3. The maximum absolute atomic E-state index is 13.1. The lowest BCUT2D eigenvalue weighted by molar-refractivity contribution is -0.132. The van der Waals surface area contributed by atoms with Crippen molar-refractivity contribution >= 4 is 28.4 Å². The summed E-state index contributed by atoms with van der Waals surface area (Å²) in [5.41, 5.74) is 3.61. The van der Waals surface area contributed by atoms with E-state index in [2.05, 4.69) is 20.4 Å². The number of carbonyl (C=O) groups is 1. The minimum atomic E-state index is -2.48. The molecule has 0 radical (unpaired) electrons. The van der Waals surface area contributed by atoms with Crippen molar-refractivity contribution in [2.45, 2.75) is 38.8 Å². The van der Waals surface area contributed by atoms with Crippen LogP contribution in [0.2, 0.25) is 0 Å². The second kappa shape index (κ2) is 8.54. The van der Waals surface area contributed by atoms with Crippen LogP contribution >= 0.6 is 0 Å². The molecule has 5 rings (SSSR count). The highest BCUT2D eigenvalue weighted by atomic mass is 19.3. The number of halogens is 2. The summed E-state index contributed by atoms with van der Waals surface area (Å²) in [6.45, 7) is 1.89. The Labute approximate surface area is 194 Å². The van der Waals surface area contributed by atoms with E-state index >= 15 is 0 Å². The number of piperidine rings is 1. The second-order valence-electron chi connectivity index (χ2n) is 8.49. The van der Waals surface area contributed by atoms with Crippen LogP contribution in [0.25, 0.3) is 27.7 Å². The quantitative estimate of drug-likeness (QED) is 0.466. The molecule has 34 heavy (non-hydrogen) atoms. The van der Waals surface area contributed by atoms with E-state index in [-0.39, 0.29) is 11.9 Å². The van der Waals surface area contributed by atoms with Gasteiger partial charge in [0.15, 0.2) is 0 Å². The summed E-state index contributed by atoms with van der Waals surface area (Å²) in [6.07, 6.45) is 0.514. The Kier molecular flexibility index (Phi) is 5.54.